The van der Waals surface area contributed by atoms with Crippen LogP contribution in [0.2, 0.25) is 0 Å². The lowest BCUT2D eigenvalue weighted by molar-refractivity contribution is -0.118. The first kappa shape index (κ1) is 13.2. The molecule has 0 saturated carbocycles. The van der Waals surface area contributed by atoms with Gasteiger partial charge in [-0.1, -0.05) is 13.8 Å². The quantitative estimate of drug-likeness (QED) is 0.548. The Balaban J connectivity index is 3.17. The summed E-state index contributed by atoms with van der Waals surface area (Å²) in [5, 5.41) is 2.48. The molecule has 0 saturated heterocycles. The normalized spacial score (nSPS) is 10.6. The number of nitrogens with one attached hydrogen (secondary N) is 3. The van der Waals surface area contributed by atoms with E-state index in [9.17, 15) is 14.4 Å². The van der Waals surface area contributed by atoms with Crippen molar-refractivity contribution in [2.45, 2.75) is 20.3 Å². The summed E-state index contributed by atoms with van der Waals surface area (Å²) < 4.78 is 0. The second-order valence-electron chi connectivity index (χ2n) is 3.94. The van der Waals surface area contributed by atoms with Gasteiger partial charge in [-0.3, -0.25) is 14.6 Å². The Morgan fingerprint density at radius 1 is 1.35 bits per heavy atom. The molecule has 1 aromatic heterocycles. The van der Waals surface area contributed by atoms with Gasteiger partial charge in [-0.15, -0.1) is 0 Å². The summed E-state index contributed by atoms with van der Waals surface area (Å²) in [5.74, 6) is -0.548. The van der Waals surface area contributed by atoms with Crippen LogP contribution >= 0.6 is 0 Å². The monoisotopic (exact) mass is 240 g/mol. The highest BCUT2D eigenvalue weighted by molar-refractivity contribution is 5.92. The third-order valence-corrected chi connectivity index (χ3v) is 2.19. The largest absolute Gasteiger partial charge is 0.330 e. The zero-order valence-corrected chi connectivity index (χ0v) is 9.79. The standard InChI is InChI=1S/C10H16N4O3/c1-5(2)8(15)13-7-6(3-4-11)12-10(17)14-9(7)16/h5H,3-4,11H2,1-2H3,(H,13,15)(H2,12,14,16,17). The van der Waals surface area contributed by atoms with Crippen LogP contribution in [0.5, 0.6) is 0 Å². The second kappa shape index (κ2) is 5.44. The lowest BCUT2D eigenvalue weighted by Gasteiger charge is -2.10. The number of rotatable bonds is 4. The van der Waals surface area contributed by atoms with E-state index < -0.39 is 11.2 Å². The third kappa shape index (κ3) is 3.28. The second-order valence-corrected chi connectivity index (χ2v) is 3.94. The number of H-pyrrole nitrogens is 2. The fourth-order valence-corrected chi connectivity index (χ4v) is 1.27. The minimum Gasteiger partial charge on any atom is -0.330 e. The SMILES string of the molecule is CC(C)C(=O)Nc1c(CCN)[nH]c(=O)[nH]c1=O. The summed E-state index contributed by atoms with van der Waals surface area (Å²) in [7, 11) is 0. The summed E-state index contributed by atoms with van der Waals surface area (Å²) >= 11 is 0. The maximum absolute atomic E-state index is 11.6. The molecule has 1 amide bonds. The van der Waals surface area contributed by atoms with Gasteiger partial charge in [0.1, 0.15) is 5.69 Å². The molecule has 0 fully saturated rings. The van der Waals surface area contributed by atoms with Crippen molar-refractivity contribution in [2.24, 2.45) is 11.7 Å². The van der Waals surface area contributed by atoms with Crippen LogP contribution in [0, 0.1) is 5.92 Å². The van der Waals surface area contributed by atoms with Crippen LogP contribution in [-0.4, -0.2) is 22.4 Å². The molecule has 7 heteroatoms. The first-order chi connectivity index (χ1) is 7.95. The van der Waals surface area contributed by atoms with E-state index in [0.29, 0.717) is 12.1 Å². The maximum atomic E-state index is 11.6. The summed E-state index contributed by atoms with van der Waals surface area (Å²) in [4.78, 5) is 38.7. The minimum absolute atomic E-state index is 0.0637. The molecule has 0 radical (unpaired) electrons. The first-order valence-electron chi connectivity index (χ1n) is 5.32. The van der Waals surface area contributed by atoms with Gasteiger partial charge in [-0.25, -0.2) is 4.79 Å². The molecule has 0 unspecified atom stereocenters. The van der Waals surface area contributed by atoms with Crippen LogP contribution in [0.3, 0.4) is 0 Å². The fraction of sp³-hybridized carbons (Fsp3) is 0.500. The molecule has 5 N–H and O–H groups in total. The van der Waals surface area contributed by atoms with Crippen LogP contribution in [-0.2, 0) is 11.2 Å². The van der Waals surface area contributed by atoms with Gasteiger partial charge in [0.2, 0.25) is 5.91 Å². The Morgan fingerprint density at radius 2 is 2.00 bits per heavy atom. The molecule has 0 spiro atoms. The predicted octanol–water partition coefficient (Wildman–Crippen LogP) is -0.841. The van der Waals surface area contributed by atoms with Crippen molar-refractivity contribution in [3.05, 3.63) is 26.5 Å². The van der Waals surface area contributed by atoms with Gasteiger partial charge >= 0.3 is 5.69 Å². The molecule has 1 heterocycles. The topological polar surface area (TPSA) is 121 Å². The van der Waals surface area contributed by atoms with Gasteiger partial charge in [-0.05, 0) is 6.54 Å². The molecular weight excluding hydrogens is 224 g/mol. The summed E-state index contributed by atoms with van der Waals surface area (Å²) in [6.45, 7) is 3.68. The molecule has 0 atom stereocenters. The molecule has 0 aliphatic rings. The number of amides is 1. The van der Waals surface area contributed by atoms with Gasteiger partial charge in [0.15, 0.2) is 0 Å². The molecular formula is C10H16N4O3. The Hall–Kier alpha value is -1.89. The molecule has 1 rings (SSSR count). The first-order valence-corrected chi connectivity index (χ1v) is 5.32. The van der Waals surface area contributed by atoms with Crippen molar-refractivity contribution >= 4 is 11.6 Å². The van der Waals surface area contributed by atoms with Crippen LogP contribution < -0.4 is 22.3 Å². The molecule has 0 aromatic carbocycles. The molecule has 0 bridgehead atoms. The fourth-order valence-electron chi connectivity index (χ4n) is 1.27. The zero-order chi connectivity index (χ0) is 13.0. The van der Waals surface area contributed by atoms with Crippen LogP contribution in [0.25, 0.3) is 0 Å². The van der Waals surface area contributed by atoms with E-state index in [2.05, 4.69) is 15.3 Å². The Morgan fingerprint density at radius 3 is 2.53 bits per heavy atom. The Bertz CT molecular complexity index is 515. The zero-order valence-electron chi connectivity index (χ0n) is 9.79. The van der Waals surface area contributed by atoms with Crippen molar-refractivity contribution in [3.8, 4) is 0 Å². The van der Waals surface area contributed by atoms with Crippen LogP contribution in [0.1, 0.15) is 19.5 Å². The summed E-state index contributed by atoms with van der Waals surface area (Å²) in [6, 6.07) is 0. The van der Waals surface area contributed by atoms with E-state index in [1.54, 1.807) is 13.8 Å². The Kier molecular flexibility index (Phi) is 4.22. The van der Waals surface area contributed by atoms with E-state index in [1.165, 1.54) is 0 Å². The van der Waals surface area contributed by atoms with E-state index in [1.807, 2.05) is 0 Å². The van der Waals surface area contributed by atoms with Crippen molar-refractivity contribution in [3.63, 3.8) is 0 Å². The number of aromatic nitrogens is 2. The average molecular weight is 240 g/mol. The lowest BCUT2D eigenvalue weighted by atomic mass is 10.2. The van der Waals surface area contributed by atoms with Gasteiger partial charge in [0, 0.05) is 12.3 Å². The summed E-state index contributed by atoms with van der Waals surface area (Å²) in [5.41, 5.74) is 4.55. The highest BCUT2D eigenvalue weighted by atomic mass is 16.2. The van der Waals surface area contributed by atoms with Crippen LogP contribution in [0.15, 0.2) is 9.59 Å². The molecule has 0 aliphatic carbocycles. The van der Waals surface area contributed by atoms with Crippen molar-refractivity contribution in [1.82, 2.24) is 9.97 Å². The smallest absolute Gasteiger partial charge is 0.326 e. The van der Waals surface area contributed by atoms with E-state index >= 15 is 0 Å². The molecule has 94 valence electrons. The predicted molar refractivity (Wildman–Crippen MR) is 63.9 cm³/mol. The maximum Gasteiger partial charge on any atom is 0.326 e. The van der Waals surface area contributed by atoms with E-state index in [-0.39, 0.29) is 24.1 Å². The number of hydrogen-bond acceptors (Lipinski definition) is 4. The van der Waals surface area contributed by atoms with Gasteiger partial charge in [0.25, 0.3) is 5.56 Å². The molecule has 0 aliphatic heterocycles. The molecule has 1 aromatic rings. The van der Waals surface area contributed by atoms with E-state index in [0.717, 1.165) is 0 Å². The van der Waals surface area contributed by atoms with Crippen molar-refractivity contribution < 1.29 is 4.79 Å². The van der Waals surface area contributed by atoms with Crippen LogP contribution in [0.4, 0.5) is 5.69 Å². The minimum atomic E-state index is -0.619. The lowest BCUT2D eigenvalue weighted by Crippen LogP contribution is -2.31. The highest BCUT2D eigenvalue weighted by Gasteiger charge is 2.14. The van der Waals surface area contributed by atoms with Crippen molar-refractivity contribution in [1.29, 1.82) is 0 Å². The van der Waals surface area contributed by atoms with Gasteiger partial charge in [0.05, 0.1) is 5.69 Å². The number of aromatic amines is 2. The van der Waals surface area contributed by atoms with Gasteiger partial charge in [-0.2, -0.15) is 0 Å². The average Bonchev–Trinajstić information content (AvgIpc) is 2.23. The number of carbonyl (C=O) groups excluding carboxylic acids is 1. The van der Waals surface area contributed by atoms with E-state index in [4.69, 9.17) is 5.73 Å². The third-order valence-electron chi connectivity index (χ3n) is 2.19. The molecule has 7 nitrogen and oxygen atoms in total. The van der Waals surface area contributed by atoms with Crippen molar-refractivity contribution in [2.75, 3.05) is 11.9 Å². The van der Waals surface area contributed by atoms with Gasteiger partial charge < -0.3 is 16.0 Å². The Labute approximate surface area is 97.4 Å². The number of anilines is 1. The summed E-state index contributed by atoms with van der Waals surface area (Å²) in [6.07, 6.45) is 0.312. The molecule has 17 heavy (non-hydrogen) atoms. The number of carbonyl (C=O) groups is 1. The highest BCUT2D eigenvalue weighted by Crippen LogP contribution is 2.06. The number of nitrogens with two attached hydrogens (primary N) is 1. The number of hydrogen-bond donors (Lipinski definition) is 4.